The minimum Gasteiger partial charge on any atom is -0.444 e. The van der Waals surface area contributed by atoms with Crippen molar-refractivity contribution in [3.63, 3.8) is 0 Å². The third-order valence-corrected chi connectivity index (χ3v) is 6.65. The van der Waals surface area contributed by atoms with E-state index in [0.717, 1.165) is 35.9 Å². The molecule has 2 aliphatic rings. The van der Waals surface area contributed by atoms with Crippen LogP contribution in [0.2, 0.25) is 5.02 Å². The summed E-state index contributed by atoms with van der Waals surface area (Å²) in [5.74, 6) is -0.199. The molecule has 0 spiro atoms. The van der Waals surface area contributed by atoms with E-state index in [4.69, 9.17) is 21.1 Å². The maximum Gasteiger partial charge on any atom is 0.410 e. The van der Waals surface area contributed by atoms with Crippen LogP contribution in [0.25, 0.3) is 11.0 Å². The van der Waals surface area contributed by atoms with Crippen molar-refractivity contribution in [2.75, 3.05) is 26.2 Å². The lowest BCUT2D eigenvalue weighted by Crippen LogP contribution is -2.53. The highest BCUT2D eigenvalue weighted by atomic mass is 35.5. The first-order valence-corrected chi connectivity index (χ1v) is 13.2. The number of aromatic nitrogens is 2. The van der Waals surface area contributed by atoms with E-state index in [1.807, 2.05) is 36.4 Å². The number of fused-ring (bicyclic) bond motifs is 1. The van der Waals surface area contributed by atoms with Gasteiger partial charge in [0.25, 0.3) is 5.91 Å². The molecule has 2 aromatic heterocycles. The van der Waals surface area contributed by atoms with Crippen molar-refractivity contribution in [2.45, 2.75) is 77.8 Å². The number of carbonyl (C=O) groups is 3. The molecule has 37 heavy (non-hydrogen) atoms. The van der Waals surface area contributed by atoms with Crippen molar-refractivity contribution in [2.24, 2.45) is 0 Å². The number of hydrogen-bond donors (Lipinski definition) is 1. The Morgan fingerprint density at radius 1 is 1.30 bits per heavy atom. The lowest BCUT2D eigenvalue weighted by atomic mass is 10.1. The summed E-state index contributed by atoms with van der Waals surface area (Å²) >= 11 is 6.60. The van der Waals surface area contributed by atoms with Gasteiger partial charge < -0.3 is 29.2 Å². The molecule has 1 aliphatic heterocycles. The summed E-state index contributed by atoms with van der Waals surface area (Å²) in [7, 11) is 0. The Balaban J connectivity index is 1.51. The van der Waals surface area contributed by atoms with Gasteiger partial charge in [-0.2, -0.15) is 0 Å². The van der Waals surface area contributed by atoms with E-state index in [2.05, 4.69) is 10.3 Å². The molecule has 2 fully saturated rings. The van der Waals surface area contributed by atoms with Gasteiger partial charge in [-0.3, -0.25) is 9.59 Å². The van der Waals surface area contributed by atoms with Crippen LogP contribution < -0.4 is 5.32 Å². The van der Waals surface area contributed by atoms with Crippen LogP contribution in [0.15, 0.2) is 18.5 Å². The lowest BCUT2D eigenvalue weighted by molar-refractivity contribution is -0.150. The molecule has 0 bridgehead atoms. The first kappa shape index (κ1) is 27.2. The average Bonchev–Trinajstić information content (AvgIpc) is 3.61. The Hall–Kier alpha value is -2.85. The third kappa shape index (κ3) is 6.93. The fourth-order valence-corrected chi connectivity index (χ4v) is 4.76. The van der Waals surface area contributed by atoms with Gasteiger partial charge in [0.15, 0.2) is 6.10 Å². The fraction of sp³-hybridized carbons (Fsp3) is 0.615. The zero-order valence-electron chi connectivity index (χ0n) is 22.0. The topological polar surface area (TPSA) is 106 Å². The Kier molecular flexibility index (Phi) is 8.28. The van der Waals surface area contributed by atoms with E-state index in [1.54, 1.807) is 17.2 Å². The van der Waals surface area contributed by atoms with E-state index in [0.29, 0.717) is 31.2 Å². The van der Waals surface area contributed by atoms with E-state index in [9.17, 15) is 14.4 Å². The minimum atomic E-state index is -0.749. The second kappa shape index (κ2) is 11.3. The second-order valence-electron chi connectivity index (χ2n) is 10.7. The maximum absolute atomic E-state index is 13.7. The number of aryl methyl sites for hydroxylation is 1. The van der Waals surface area contributed by atoms with Crippen molar-refractivity contribution in [3.05, 3.63) is 29.0 Å². The Morgan fingerprint density at radius 2 is 2.05 bits per heavy atom. The molecule has 10 nitrogen and oxygen atoms in total. The standard InChI is InChI=1S/C26H36ClN5O5/c1-17(33)28-9-5-11-30-14-18(22-20(27)8-10-29-23(22)30)15-32(19-6-7-19)24(34)21-16-31(12-13-36-21)25(35)37-26(2,3)4/h8,10,14,19,21H,5-7,9,11-13,15-16H2,1-4H3,(H,28,33)/t21-/m1/s1. The number of pyridine rings is 1. The summed E-state index contributed by atoms with van der Waals surface area (Å²) < 4.78 is 13.4. The minimum absolute atomic E-state index is 0.0621. The maximum atomic E-state index is 13.7. The predicted molar refractivity (Wildman–Crippen MR) is 139 cm³/mol. The average molecular weight is 534 g/mol. The normalized spacial score (nSPS) is 18.1. The van der Waals surface area contributed by atoms with Crippen molar-refractivity contribution in [1.82, 2.24) is 24.7 Å². The molecule has 0 aromatic carbocycles. The molecule has 2 aromatic rings. The number of hydrogen-bond acceptors (Lipinski definition) is 6. The number of carbonyl (C=O) groups excluding carboxylic acids is 3. The fourth-order valence-electron chi connectivity index (χ4n) is 4.49. The number of nitrogens with one attached hydrogen (secondary N) is 1. The van der Waals surface area contributed by atoms with Gasteiger partial charge in [-0.05, 0) is 46.1 Å². The summed E-state index contributed by atoms with van der Waals surface area (Å²) in [5.41, 5.74) is 1.05. The van der Waals surface area contributed by atoms with Crippen LogP contribution in [-0.4, -0.2) is 81.2 Å². The number of morpholine rings is 1. The molecule has 3 heterocycles. The Labute approximate surface area is 222 Å². The molecule has 0 unspecified atom stereocenters. The smallest absolute Gasteiger partial charge is 0.410 e. The Morgan fingerprint density at radius 3 is 2.73 bits per heavy atom. The van der Waals surface area contributed by atoms with Crippen LogP contribution in [0.4, 0.5) is 4.79 Å². The van der Waals surface area contributed by atoms with Crippen LogP contribution in [0, 0.1) is 0 Å². The first-order valence-electron chi connectivity index (χ1n) is 12.8. The molecular formula is C26H36ClN5O5. The molecule has 4 rings (SSSR count). The summed E-state index contributed by atoms with van der Waals surface area (Å²) in [6, 6.07) is 1.88. The molecule has 11 heteroatoms. The van der Waals surface area contributed by atoms with Crippen LogP contribution in [0.5, 0.6) is 0 Å². The Bertz CT molecular complexity index is 1160. The van der Waals surface area contributed by atoms with Gasteiger partial charge in [-0.15, -0.1) is 0 Å². The number of rotatable bonds is 8. The van der Waals surface area contributed by atoms with Crippen LogP contribution >= 0.6 is 11.6 Å². The van der Waals surface area contributed by atoms with Gasteiger partial charge in [0.2, 0.25) is 5.91 Å². The predicted octanol–water partition coefficient (Wildman–Crippen LogP) is 3.34. The number of halogens is 1. The van der Waals surface area contributed by atoms with E-state index in [-0.39, 0.29) is 31.0 Å². The van der Waals surface area contributed by atoms with Crippen LogP contribution in [-0.2, 0) is 32.2 Å². The van der Waals surface area contributed by atoms with Crippen molar-refractivity contribution in [1.29, 1.82) is 0 Å². The molecule has 1 aliphatic carbocycles. The van der Waals surface area contributed by atoms with E-state index in [1.165, 1.54) is 6.92 Å². The van der Waals surface area contributed by atoms with Crippen molar-refractivity contribution in [3.8, 4) is 0 Å². The molecule has 1 atom stereocenters. The lowest BCUT2D eigenvalue weighted by Gasteiger charge is -2.35. The first-order chi connectivity index (χ1) is 17.5. The molecular weight excluding hydrogens is 498 g/mol. The second-order valence-corrected chi connectivity index (χ2v) is 11.1. The largest absolute Gasteiger partial charge is 0.444 e. The zero-order chi connectivity index (χ0) is 26.7. The van der Waals surface area contributed by atoms with Crippen LogP contribution in [0.1, 0.15) is 52.5 Å². The van der Waals surface area contributed by atoms with Gasteiger partial charge in [0, 0.05) is 62.5 Å². The summed E-state index contributed by atoms with van der Waals surface area (Å²) in [5, 5.41) is 4.21. The SMILES string of the molecule is CC(=O)NCCCn1cc(CN(C(=O)[C@H]2CN(C(=O)OC(C)(C)C)CCO2)C2CC2)c2c(Cl)ccnc21. The summed E-state index contributed by atoms with van der Waals surface area (Å²) in [4.78, 5) is 45.4. The number of nitrogens with zero attached hydrogens (tertiary/aromatic N) is 4. The summed E-state index contributed by atoms with van der Waals surface area (Å²) in [6.07, 6.45) is 5.07. The van der Waals surface area contributed by atoms with Gasteiger partial charge in [0.1, 0.15) is 11.2 Å². The van der Waals surface area contributed by atoms with E-state index < -0.39 is 17.8 Å². The molecule has 0 radical (unpaired) electrons. The molecule has 202 valence electrons. The van der Waals surface area contributed by atoms with Gasteiger partial charge >= 0.3 is 6.09 Å². The molecule has 3 amide bonds. The van der Waals surface area contributed by atoms with Gasteiger partial charge in [-0.25, -0.2) is 9.78 Å². The van der Waals surface area contributed by atoms with Gasteiger partial charge in [-0.1, -0.05) is 11.6 Å². The van der Waals surface area contributed by atoms with Crippen LogP contribution in [0.3, 0.4) is 0 Å². The molecule has 1 N–H and O–H groups in total. The number of ether oxygens (including phenoxy) is 2. The molecule has 1 saturated carbocycles. The van der Waals surface area contributed by atoms with E-state index >= 15 is 0 Å². The summed E-state index contributed by atoms with van der Waals surface area (Å²) in [6.45, 7) is 9.35. The van der Waals surface area contributed by atoms with Crippen molar-refractivity contribution < 1.29 is 23.9 Å². The monoisotopic (exact) mass is 533 g/mol. The highest BCUT2D eigenvalue weighted by molar-refractivity contribution is 6.35. The van der Waals surface area contributed by atoms with Crippen molar-refractivity contribution >= 4 is 40.5 Å². The highest BCUT2D eigenvalue weighted by Crippen LogP contribution is 2.34. The quantitative estimate of drug-likeness (QED) is 0.522. The highest BCUT2D eigenvalue weighted by Gasteiger charge is 2.40. The third-order valence-electron chi connectivity index (χ3n) is 6.34. The molecule has 1 saturated heterocycles. The van der Waals surface area contributed by atoms with Gasteiger partial charge in [0.05, 0.1) is 18.2 Å². The zero-order valence-corrected chi connectivity index (χ0v) is 22.7. The number of amides is 3.